The van der Waals surface area contributed by atoms with Crippen molar-refractivity contribution in [3.63, 3.8) is 0 Å². The Balaban J connectivity index is 2.46. The largest absolute Gasteiger partial charge is 0.481 e. The van der Waals surface area contributed by atoms with Crippen LogP contribution in [-0.4, -0.2) is 35.1 Å². The van der Waals surface area contributed by atoms with Gasteiger partial charge >= 0.3 is 5.97 Å². The van der Waals surface area contributed by atoms with Crippen molar-refractivity contribution in [1.82, 2.24) is 4.90 Å². The first-order chi connectivity index (χ1) is 8.24. The van der Waals surface area contributed by atoms with Crippen molar-refractivity contribution in [3.8, 4) is 0 Å². The molecule has 1 rings (SSSR count). The number of hydrogen-bond acceptors (Lipinski definition) is 2. The number of nitrogens with zero attached hydrogens (tertiary/aromatic N) is 1. The number of carboxylic acids is 1. The predicted octanol–water partition coefficient (Wildman–Crippen LogP) is 2.84. The lowest BCUT2D eigenvalue weighted by molar-refractivity contribution is -0.137. The maximum absolute atomic E-state index is 10.7. The summed E-state index contributed by atoms with van der Waals surface area (Å²) in [5, 5.41) is 8.77. The topological polar surface area (TPSA) is 40.5 Å². The molecule has 3 heteroatoms. The molecule has 0 aromatic carbocycles. The summed E-state index contributed by atoms with van der Waals surface area (Å²) >= 11 is 0. The Hall–Kier alpha value is -1.09. The van der Waals surface area contributed by atoms with E-state index in [1.165, 1.54) is 32.1 Å². The van der Waals surface area contributed by atoms with E-state index in [-0.39, 0.29) is 6.42 Å². The van der Waals surface area contributed by atoms with E-state index in [0.29, 0.717) is 12.6 Å². The van der Waals surface area contributed by atoms with Gasteiger partial charge in [-0.1, -0.05) is 44.1 Å². The Labute approximate surface area is 104 Å². The van der Waals surface area contributed by atoms with E-state index in [1.54, 1.807) is 6.08 Å². The van der Waals surface area contributed by atoms with Crippen LogP contribution in [-0.2, 0) is 4.79 Å². The van der Waals surface area contributed by atoms with Crippen LogP contribution < -0.4 is 0 Å². The number of rotatable bonds is 7. The first kappa shape index (κ1) is 14.0. The van der Waals surface area contributed by atoms with Gasteiger partial charge in [0.2, 0.25) is 0 Å². The quantitative estimate of drug-likeness (QED) is 0.692. The zero-order chi connectivity index (χ0) is 12.5. The molecule has 0 aliphatic heterocycles. The summed E-state index contributed by atoms with van der Waals surface area (Å²) in [6.45, 7) is 5.14. The fourth-order valence-corrected chi connectivity index (χ4v) is 2.40. The molecule has 0 atom stereocenters. The fraction of sp³-hybridized carbons (Fsp3) is 0.643. The molecule has 1 aliphatic rings. The van der Waals surface area contributed by atoms with Crippen LogP contribution in [0.2, 0.25) is 0 Å². The highest BCUT2D eigenvalue weighted by Gasteiger charge is 2.20. The SMILES string of the molecule is C=C/C=C\CN(CCC(=O)O)C1CCCCC1. The molecule has 0 radical (unpaired) electrons. The number of carbonyl (C=O) groups is 1. The molecule has 0 aromatic heterocycles. The molecule has 96 valence electrons. The Morgan fingerprint density at radius 1 is 1.35 bits per heavy atom. The molecular formula is C14H23NO2. The first-order valence-corrected chi connectivity index (χ1v) is 6.47. The number of hydrogen-bond donors (Lipinski definition) is 1. The summed E-state index contributed by atoms with van der Waals surface area (Å²) in [5.74, 6) is -0.710. The second kappa shape index (κ2) is 8.07. The maximum atomic E-state index is 10.7. The van der Waals surface area contributed by atoms with Gasteiger partial charge in [0.1, 0.15) is 0 Å². The van der Waals surface area contributed by atoms with E-state index in [1.807, 2.05) is 6.08 Å². The Morgan fingerprint density at radius 3 is 2.65 bits per heavy atom. The highest BCUT2D eigenvalue weighted by molar-refractivity contribution is 5.66. The summed E-state index contributed by atoms with van der Waals surface area (Å²) in [5.41, 5.74) is 0. The Bertz CT molecular complexity index is 267. The van der Waals surface area contributed by atoms with Crippen LogP contribution in [0.3, 0.4) is 0 Å². The van der Waals surface area contributed by atoms with Crippen molar-refractivity contribution < 1.29 is 9.90 Å². The minimum atomic E-state index is -0.710. The van der Waals surface area contributed by atoms with Gasteiger partial charge in [-0.05, 0) is 12.8 Å². The molecule has 0 amide bonds. The highest BCUT2D eigenvalue weighted by atomic mass is 16.4. The summed E-state index contributed by atoms with van der Waals surface area (Å²) in [6, 6.07) is 0.567. The molecule has 3 nitrogen and oxygen atoms in total. The third kappa shape index (κ3) is 5.68. The molecule has 0 spiro atoms. The smallest absolute Gasteiger partial charge is 0.304 e. The molecular weight excluding hydrogens is 214 g/mol. The van der Waals surface area contributed by atoms with Gasteiger partial charge < -0.3 is 5.11 Å². The molecule has 0 saturated heterocycles. The van der Waals surface area contributed by atoms with E-state index >= 15 is 0 Å². The van der Waals surface area contributed by atoms with Crippen molar-refractivity contribution in [2.45, 2.75) is 44.6 Å². The normalized spacial score (nSPS) is 17.7. The lowest BCUT2D eigenvalue weighted by Crippen LogP contribution is -2.38. The lowest BCUT2D eigenvalue weighted by atomic mass is 9.94. The van der Waals surface area contributed by atoms with E-state index in [9.17, 15) is 4.79 Å². The van der Waals surface area contributed by atoms with Crippen LogP contribution in [0, 0.1) is 0 Å². The van der Waals surface area contributed by atoms with Crippen molar-refractivity contribution in [2.75, 3.05) is 13.1 Å². The zero-order valence-electron chi connectivity index (χ0n) is 10.5. The zero-order valence-corrected chi connectivity index (χ0v) is 10.5. The van der Waals surface area contributed by atoms with Crippen molar-refractivity contribution in [2.24, 2.45) is 0 Å². The fourth-order valence-electron chi connectivity index (χ4n) is 2.40. The first-order valence-electron chi connectivity index (χ1n) is 6.47. The lowest BCUT2D eigenvalue weighted by Gasteiger charge is -2.33. The number of aliphatic carboxylic acids is 1. The van der Waals surface area contributed by atoms with E-state index in [2.05, 4.69) is 17.6 Å². The van der Waals surface area contributed by atoms with Crippen LogP contribution in [0.4, 0.5) is 0 Å². The van der Waals surface area contributed by atoms with Crippen molar-refractivity contribution in [3.05, 3.63) is 24.8 Å². The van der Waals surface area contributed by atoms with Crippen LogP contribution in [0.1, 0.15) is 38.5 Å². The average Bonchev–Trinajstić information content (AvgIpc) is 2.34. The summed E-state index contributed by atoms with van der Waals surface area (Å²) in [7, 11) is 0. The van der Waals surface area contributed by atoms with Crippen LogP contribution in [0.5, 0.6) is 0 Å². The van der Waals surface area contributed by atoms with E-state index in [0.717, 1.165) is 6.54 Å². The molecule has 0 unspecified atom stereocenters. The van der Waals surface area contributed by atoms with Gasteiger partial charge in [-0.2, -0.15) is 0 Å². The van der Waals surface area contributed by atoms with Crippen LogP contribution >= 0.6 is 0 Å². The van der Waals surface area contributed by atoms with Gasteiger partial charge in [0.25, 0.3) is 0 Å². The minimum absolute atomic E-state index is 0.235. The predicted molar refractivity (Wildman–Crippen MR) is 70.0 cm³/mol. The van der Waals surface area contributed by atoms with Gasteiger partial charge in [-0.15, -0.1) is 0 Å². The van der Waals surface area contributed by atoms with Crippen molar-refractivity contribution in [1.29, 1.82) is 0 Å². The monoisotopic (exact) mass is 237 g/mol. The summed E-state index contributed by atoms with van der Waals surface area (Å²) in [4.78, 5) is 13.0. The van der Waals surface area contributed by atoms with Crippen molar-refractivity contribution >= 4 is 5.97 Å². The average molecular weight is 237 g/mol. The standard InChI is InChI=1S/C14H23NO2/c1-2-3-7-11-15(12-10-14(16)17)13-8-5-4-6-9-13/h2-3,7,13H,1,4-6,8-12H2,(H,16,17)/b7-3-. The Morgan fingerprint density at radius 2 is 2.06 bits per heavy atom. The maximum Gasteiger partial charge on any atom is 0.304 e. The Kier molecular flexibility index (Phi) is 6.63. The summed E-state index contributed by atoms with van der Waals surface area (Å²) < 4.78 is 0. The molecule has 0 aromatic rings. The molecule has 1 fully saturated rings. The van der Waals surface area contributed by atoms with Gasteiger partial charge in [-0.3, -0.25) is 9.69 Å². The highest BCUT2D eigenvalue weighted by Crippen LogP contribution is 2.22. The molecule has 0 heterocycles. The molecule has 1 N–H and O–H groups in total. The third-order valence-corrected chi connectivity index (χ3v) is 3.32. The molecule has 1 aliphatic carbocycles. The second-order valence-corrected chi connectivity index (χ2v) is 4.59. The summed E-state index contributed by atoms with van der Waals surface area (Å²) in [6.07, 6.45) is 12.3. The minimum Gasteiger partial charge on any atom is -0.481 e. The molecule has 17 heavy (non-hydrogen) atoms. The third-order valence-electron chi connectivity index (χ3n) is 3.32. The van der Waals surface area contributed by atoms with Crippen LogP contribution in [0.25, 0.3) is 0 Å². The second-order valence-electron chi connectivity index (χ2n) is 4.59. The van der Waals surface area contributed by atoms with E-state index < -0.39 is 5.97 Å². The van der Waals surface area contributed by atoms with Crippen LogP contribution in [0.15, 0.2) is 24.8 Å². The van der Waals surface area contributed by atoms with Gasteiger partial charge in [0, 0.05) is 19.1 Å². The van der Waals surface area contributed by atoms with Gasteiger partial charge in [0.05, 0.1) is 6.42 Å². The number of carboxylic acid groups (broad SMARTS) is 1. The van der Waals surface area contributed by atoms with E-state index in [4.69, 9.17) is 5.11 Å². The molecule has 0 bridgehead atoms. The number of allylic oxidation sites excluding steroid dienone is 2. The van der Waals surface area contributed by atoms with Gasteiger partial charge in [0.15, 0.2) is 0 Å². The van der Waals surface area contributed by atoms with Gasteiger partial charge in [-0.25, -0.2) is 0 Å². The molecule has 1 saturated carbocycles.